The largest absolute Gasteiger partial charge is 0.374 e. The van der Waals surface area contributed by atoms with E-state index in [-0.39, 0.29) is 6.10 Å². The van der Waals surface area contributed by atoms with E-state index in [1.807, 2.05) is 12.4 Å². The number of nitrogens with one attached hydrogen (secondary N) is 2. The highest BCUT2D eigenvalue weighted by Gasteiger charge is 2.30. The van der Waals surface area contributed by atoms with Crippen LogP contribution in [-0.2, 0) is 11.3 Å². The molecule has 0 unspecified atom stereocenters. The van der Waals surface area contributed by atoms with E-state index in [1.165, 1.54) is 11.1 Å². The van der Waals surface area contributed by atoms with Gasteiger partial charge in [-0.05, 0) is 24.2 Å². The zero-order chi connectivity index (χ0) is 14.5. The number of likely N-dealkylation sites (N-methyl/N-ethyl adjacent to an activating group) is 1. The van der Waals surface area contributed by atoms with Gasteiger partial charge >= 0.3 is 0 Å². The summed E-state index contributed by atoms with van der Waals surface area (Å²) in [7, 11) is 2.18. The summed E-state index contributed by atoms with van der Waals surface area (Å²) in [6.07, 6.45) is 4.16. The van der Waals surface area contributed by atoms with Gasteiger partial charge in [0, 0.05) is 32.0 Å². The third kappa shape index (κ3) is 3.53. The van der Waals surface area contributed by atoms with Crippen LogP contribution in [0.2, 0.25) is 0 Å². The number of benzene rings is 1. The van der Waals surface area contributed by atoms with E-state index in [4.69, 9.17) is 4.74 Å². The summed E-state index contributed by atoms with van der Waals surface area (Å²) >= 11 is 0. The molecule has 2 N–H and O–H groups in total. The fourth-order valence-electron chi connectivity index (χ4n) is 2.98. The molecule has 1 aliphatic rings. The minimum Gasteiger partial charge on any atom is -0.374 e. The van der Waals surface area contributed by atoms with Crippen LogP contribution in [0.25, 0.3) is 0 Å². The van der Waals surface area contributed by atoms with Gasteiger partial charge in [0.1, 0.15) is 0 Å². The van der Waals surface area contributed by atoms with Crippen LogP contribution in [-0.4, -0.2) is 42.7 Å². The van der Waals surface area contributed by atoms with E-state index in [9.17, 15) is 0 Å². The van der Waals surface area contributed by atoms with Crippen molar-refractivity contribution in [1.82, 2.24) is 15.2 Å². The van der Waals surface area contributed by atoms with E-state index in [2.05, 4.69) is 58.6 Å². The highest BCUT2D eigenvalue weighted by atomic mass is 16.5. The zero-order valence-corrected chi connectivity index (χ0v) is 12.5. The van der Waals surface area contributed by atoms with Crippen LogP contribution in [0, 0.1) is 0 Å². The third-order valence-electron chi connectivity index (χ3n) is 4.08. The van der Waals surface area contributed by atoms with Gasteiger partial charge in [-0.1, -0.05) is 30.3 Å². The number of aromatic nitrogens is 1. The van der Waals surface area contributed by atoms with Gasteiger partial charge in [-0.2, -0.15) is 0 Å². The smallest absolute Gasteiger partial charge is 0.0896 e. The summed E-state index contributed by atoms with van der Waals surface area (Å²) in [5.41, 5.74) is 2.60. The molecule has 4 heteroatoms. The van der Waals surface area contributed by atoms with Gasteiger partial charge in [0.25, 0.3) is 0 Å². The molecule has 1 fully saturated rings. The summed E-state index contributed by atoms with van der Waals surface area (Å²) < 4.78 is 6.02. The second-order valence-corrected chi connectivity index (χ2v) is 5.60. The van der Waals surface area contributed by atoms with Crippen molar-refractivity contribution in [3.63, 3.8) is 0 Å². The molecule has 2 atom stereocenters. The first kappa shape index (κ1) is 14.3. The van der Waals surface area contributed by atoms with Crippen LogP contribution in [0.1, 0.15) is 17.2 Å². The van der Waals surface area contributed by atoms with Gasteiger partial charge in [-0.25, -0.2) is 0 Å². The topological polar surface area (TPSA) is 40.3 Å². The number of aromatic amines is 1. The SMILES string of the molecule is CN1CCO[C@@H](CNCc2cc[nH]c2)[C@@H]1c1ccccc1. The molecule has 112 valence electrons. The number of H-pyrrole nitrogens is 1. The Kier molecular flexibility index (Phi) is 4.70. The quantitative estimate of drug-likeness (QED) is 0.884. The highest BCUT2D eigenvalue weighted by Crippen LogP contribution is 2.27. The second kappa shape index (κ2) is 6.89. The summed E-state index contributed by atoms with van der Waals surface area (Å²) in [5, 5.41) is 3.51. The lowest BCUT2D eigenvalue weighted by Gasteiger charge is -2.39. The molecule has 0 amide bonds. The highest BCUT2D eigenvalue weighted by molar-refractivity contribution is 5.21. The van der Waals surface area contributed by atoms with Crippen LogP contribution in [0.15, 0.2) is 48.8 Å². The van der Waals surface area contributed by atoms with Gasteiger partial charge in [0.15, 0.2) is 0 Å². The van der Waals surface area contributed by atoms with Gasteiger partial charge < -0.3 is 15.0 Å². The predicted molar refractivity (Wildman–Crippen MR) is 84.1 cm³/mol. The number of morpholine rings is 1. The van der Waals surface area contributed by atoms with Crippen LogP contribution in [0.4, 0.5) is 0 Å². The third-order valence-corrected chi connectivity index (χ3v) is 4.08. The summed E-state index contributed by atoms with van der Waals surface area (Å²) in [6.45, 7) is 3.51. The lowest BCUT2D eigenvalue weighted by Crippen LogP contribution is -2.47. The average molecular weight is 285 g/mol. The molecule has 1 saturated heterocycles. The fourth-order valence-corrected chi connectivity index (χ4v) is 2.98. The lowest BCUT2D eigenvalue weighted by molar-refractivity contribution is -0.0615. The van der Waals surface area contributed by atoms with Crippen LogP contribution < -0.4 is 5.32 Å². The van der Waals surface area contributed by atoms with Crippen molar-refractivity contribution in [3.8, 4) is 0 Å². The van der Waals surface area contributed by atoms with Gasteiger partial charge in [0.05, 0.1) is 18.8 Å². The molecule has 1 aromatic carbocycles. The van der Waals surface area contributed by atoms with Crippen molar-refractivity contribution in [2.75, 3.05) is 26.7 Å². The number of nitrogens with zero attached hydrogens (tertiary/aromatic N) is 1. The van der Waals surface area contributed by atoms with Crippen molar-refractivity contribution in [2.24, 2.45) is 0 Å². The van der Waals surface area contributed by atoms with Crippen LogP contribution in [0.3, 0.4) is 0 Å². The first-order chi connectivity index (χ1) is 10.3. The molecule has 0 bridgehead atoms. The molecule has 2 aromatic rings. The van der Waals surface area contributed by atoms with Crippen molar-refractivity contribution in [1.29, 1.82) is 0 Å². The molecule has 0 aliphatic carbocycles. The molecule has 3 rings (SSSR count). The number of hydrogen-bond donors (Lipinski definition) is 2. The molecule has 1 aliphatic heterocycles. The molecule has 4 nitrogen and oxygen atoms in total. The van der Waals surface area contributed by atoms with Gasteiger partial charge in [0.2, 0.25) is 0 Å². The minimum absolute atomic E-state index is 0.185. The molecular weight excluding hydrogens is 262 g/mol. The average Bonchev–Trinajstić information content (AvgIpc) is 3.02. The minimum atomic E-state index is 0.185. The van der Waals surface area contributed by atoms with Gasteiger partial charge in [-0.15, -0.1) is 0 Å². The summed E-state index contributed by atoms with van der Waals surface area (Å²) in [5.74, 6) is 0. The van der Waals surface area contributed by atoms with Crippen molar-refractivity contribution in [3.05, 3.63) is 59.9 Å². The molecular formula is C17H23N3O. The molecule has 0 saturated carbocycles. The van der Waals surface area contributed by atoms with E-state index in [1.54, 1.807) is 0 Å². The Morgan fingerprint density at radius 2 is 2.14 bits per heavy atom. The van der Waals surface area contributed by atoms with E-state index >= 15 is 0 Å². The van der Waals surface area contributed by atoms with Crippen molar-refractivity contribution < 1.29 is 4.74 Å². The summed E-state index contributed by atoms with van der Waals surface area (Å²) in [6, 6.07) is 13.1. The molecule has 1 aromatic heterocycles. The fraction of sp³-hybridized carbons (Fsp3) is 0.412. The number of rotatable bonds is 5. The maximum atomic E-state index is 6.02. The predicted octanol–water partition coefficient (Wildman–Crippen LogP) is 2.18. The summed E-state index contributed by atoms with van der Waals surface area (Å²) in [4.78, 5) is 5.47. The lowest BCUT2D eigenvalue weighted by atomic mass is 9.98. The maximum Gasteiger partial charge on any atom is 0.0896 e. The molecule has 0 spiro atoms. The molecule has 0 radical (unpaired) electrons. The number of hydrogen-bond acceptors (Lipinski definition) is 3. The van der Waals surface area contributed by atoms with Crippen LogP contribution in [0.5, 0.6) is 0 Å². The zero-order valence-electron chi connectivity index (χ0n) is 12.5. The Morgan fingerprint density at radius 3 is 2.90 bits per heavy atom. The second-order valence-electron chi connectivity index (χ2n) is 5.60. The Labute approximate surface area is 126 Å². The van der Waals surface area contributed by atoms with Crippen molar-refractivity contribution >= 4 is 0 Å². The maximum absolute atomic E-state index is 6.02. The van der Waals surface area contributed by atoms with Crippen molar-refractivity contribution in [2.45, 2.75) is 18.7 Å². The first-order valence-corrected chi connectivity index (χ1v) is 7.54. The first-order valence-electron chi connectivity index (χ1n) is 7.54. The Morgan fingerprint density at radius 1 is 1.29 bits per heavy atom. The Balaban J connectivity index is 1.63. The van der Waals surface area contributed by atoms with E-state index in [0.29, 0.717) is 6.04 Å². The standard InChI is InChI=1S/C17H23N3O/c1-20-9-10-21-16(13-19-12-14-7-8-18-11-14)17(20)15-5-3-2-4-6-15/h2-8,11,16-19H,9-10,12-13H2,1H3/t16-,17-/m0/s1. The van der Waals surface area contributed by atoms with E-state index < -0.39 is 0 Å². The molecule has 2 heterocycles. The Hall–Kier alpha value is -1.62. The van der Waals surface area contributed by atoms with Gasteiger partial charge in [-0.3, -0.25) is 4.90 Å². The monoisotopic (exact) mass is 285 g/mol. The number of ether oxygens (including phenoxy) is 1. The van der Waals surface area contributed by atoms with E-state index in [0.717, 1.165) is 26.2 Å². The molecule has 21 heavy (non-hydrogen) atoms. The normalized spacial score (nSPS) is 23.3. The van der Waals surface area contributed by atoms with Crippen LogP contribution >= 0.6 is 0 Å². The Bertz CT molecular complexity index is 526.